The minimum Gasteiger partial charge on any atom is -0.385 e. The Balaban J connectivity index is 1.88. The zero-order valence-corrected chi connectivity index (χ0v) is 13.8. The smallest absolute Gasteiger partial charge is 0.269 e. The molecule has 124 valence electrons. The van der Waals surface area contributed by atoms with Crippen LogP contribution in [0.25, 0.3) is 5.69 Å². The van der Waals surface area contributed by atoms with E-state index in [2.05, 4.69) is 23.5 Å². The van der Waals surface area contributed by atoms with Crippen molar-refractivity contribution in [3.63, 3.8) is 0 Å². The molecule has 1 aliphatic carbocycles. The number of carbonyl (C=O) groups is 1. The summed E-state index contributed by atoms with van der Waals surface area (Å²) in [6.07, 6.45) is 5.91. The average molecular weight is 323 g/mol. The number of ether oxygens (including phenoxy) is 1. The fourth-order valence-corrected chi connectivity index (χ4v) is 3.18. The Morgan fingerprint density at radius 3 is 2.96 bits per heavy atom. The molecule has 0 bridgehead atoms. The van der Waals surface area contributed by atoms with E-state index in [1.54, 1.807) is 19.4 Å². The number of aromatic nitrogens is 1. The summed E-state index contributed by atoms with van der Waals surface area (Å²) in [6.45, 7) is 1.12. The normalized spacial score (nSPS) is 12.7. The van der Waals surface area contributed by atoms with Crippen molar-refractivity contribution in [1.29, 1.82) is 5.26 Å². The third-order valence-electron chi connectivity index (χ3n) is 4.39. The summed E-state index contributed by atoms with van der Waals surface area (Å²) in [5.41, 5.74) is 4.44. The lowest BCUT2D eigenvalue weighted by molar-refractivity contribution is 0.0941. The monoisotopic (exact) mass is 323 g/mol. The summed E-state index contributed by atoms with van der Waals surface area (Å²) in [7, 11) is 1.63. The number of carbonyl (C=O) groups excluding carboxylic acids is 1. The first-order valence-electron chi connectivity index (χ1n) is 8.25. The lowest BCUT2D eigenvalue weighted by Crippen LogP contribution is -2.28. The number of aryl methyl sites for hydroxylation is 2. The summed E-state index contributed by atoms with van der Waals surface area (Å²) in [5.74, 6) is -0.229. The van der Waals surface area contributed by atoms with Crippen LogP contribution in [-0.2, 0) is 17.6 Å². The number of amides is 1. The molecule has 0 atom stereocenters. The highest BCUT2D eigenvalue weighted by atomic mass is 16.5. The molecule has 3 rings (SSSR count). The first kappa shape index (κ1) is 16.3. The largest absolute Gasteiger partial charge is 0.385 e. The predicted octanol–water partition coefficient (Wildman–Crippen LogP) is 2.60. The maximum Gasteiger partial charge on any atom is 0.269 e. The van der Waals surface area contributed by atoms with Crippen molar-refractivity contribution in [3.8, 4) is 11.8 Å². The van der Waals surface area contributed by atoms with Gasteiger partial charge in [0, 0.05) is 32.1 Å². The third-order valence-corrected chi connectivity index (χ3v) is 4.39. The molecule has 0 fully saturated rings. The molecule has 1 aromatic heterocycles. The van der Waals surface area contributed by atoms with Gasteiger partial charge in [0.2, 0.25) is 0 Å². The van der Waals surface area contributed by atoms with Crippen LogP contribution in [0.3, 0.4) is 0 Å². The topological polar surface area (TPSA) is 67.0 Å². The summed E-state index contributed by atoms with van der Waals surface area (Å²) in [6, 6.07) is 10.1. The molecule has 1 amide bonds. The van der Waals surface area contributed by atoms with Crippen LogP contribution in [0.4, 0.5) is 0 Å². The van der Waals surface area contributed by atoms with Gasteiger partial charge in [-0.2, -0.15) is 5.26 Å². The van der Waals surface area contributed by atoms with Gasteiger partial charge in [-0.3, -0.25) is 4.79 Å². The van der Waals surface area contributed by atoms with Gasteiger partial charge >= 0.3 is 0 Å². The van der Waals surface area contributed by atoms with E-state index >= 15 is 0 Å². The number of nitrogens with zero attached hydrogens (tertiary/aromatic N) is 2. The van der Waals surface area contributed by atoms with Crippen LogP contribution in [-0.4, -0.2) is 30.7 Å². The second-order valence-electron chi connectivity index (χ2n) is 5.97. The van der Waals surface area contributed by atoms with Gasteiger partial charge < -0.3 is 14.6 Å². The number of nitriles is 1. The maximum absolute atomic E-state index is 12.6. The first-order chi connectivity index (χ1) is 11.7. The second kappa shape index (κ2) is 7.33. The Hall–Kier alpha value is -2.58. The van der Waals surface area contributed by atoms with Crippen molar-refractivity contribution in [1.82, 2.24) is 9.88 Å². The molecule has 5 nitrogen and oxygen atoms in total. The number of hydrogen-bond donors (Lipinski definition) is 1. The molecular formula is C19H21N3O2. The highest BCUT2D eigenvalue weighted by Crippen LogP contribution is 2.26. The quantitative estimate of drug-likeness (QED) is 0.831. The van der Waals surface area contributed by atoms with Crippen molar-refractivity contribution in [2.45, 2.75) is 25.7 Å². The van der Waals surface area contributed by atoms with E-state index in [1.807, 2.05) is 10.6 Å². The van der Waals surface area contributed by atoms with Crippen LogP contribution >= 0.6 is 0 Å². The van der Waals surface area contributed by atoms with Gasteiger partial charge in [0.05, 0.1) is 5.56 Å². The number of fused-ring (bicyclic) bond motifs is 1. The highest BCUT2D eigenvalue weighted by molar-refractivity contribution is 5.95. The van der Waals surface area contributed by atoms with Gasteiger partial charge in [-0.1, -0.05) is 6.07 Å². The third kappa shape index (κ3) is 3.19. The van der Waals surface area contributed by atoms with E-state index < -0.39 is 0 Å². The molecule has 0 spiro atoms. The molecular weight excluding hydrogens is 302 g/mol. The molecule has 1 aromatic carbocycles. The van der Waals surface area contributed by atoms with E-state index in [9.17, 15) is 10.1 Å². The number of nitrogens with one attached hydrogen (secondary N) is 1. The summed E-state index contributed by atoms with van der Waals surface area (Å²) >= 11 is 0. The Labute approximate surface area is 141 Å². The number of benzene rings is 1. The molecule has 0 saturated carbocycles. The van der Waals surface area contributed by atoms with Gasteiger partial charge in [0.1, 0.15) is 11.8 Å². The molecule has 0 aliphatic heterocycles. The van der Waals surface area contributed by atoms with Crippen LogP contribution in [0.1, 0.15) is 40.0 Å². The Kier molecular flexibility index (Phi) is 4.97. The summed E-state index contributed by atoms with van der Waals surface area (Å²) in [5, 5.41) is 12.2. The Morgan fingerprint density at radius 1 is 1.33 bits per heavy atom. The number of methoxy groups -OCH3 is 1. The fourth-order valence-electron chi connectivity index (χ4n) is 3.18. The molecule has 0 radical (unpaired) electrons. The number of rotatable bonds is 6. The van der Waals surface area contributed by atoms with Crippen molar-refractivity contribution in [2.24, 2.45) is 0 Å². The van der Waals surface area contributed by atoms with Crippen LogP contribution in [0, 0.1) is 11.3 Å². The van der Waals surface area contributed by atoms with Gasteiger partial charge in [-0.25, -0.2) is 0 Å². The van der Waals surface area contributed by atoms with Crippen molar-refractivity contribution < 1.29 is 9.53 Å². The van der Waals surface area contributed by atoms with Crippen LogP contribution in [0.15, 0.2) is 30.5 Å². The minimum atomic E-state index is -0.229. The lowest BCUT2D eigenvalue weighted by atomic mass is 10.1. The first-order valence-corrected chi connectivity index (χ1v) is 8.25. The van der Waals surface area contributed by atoms with Crippen LogP contribution < -0.4 is 5.32 Å². The lowest BCUT2D eigenvalue weighted by Gasteiger charge is -2.12. The maximum atomic E-state index is 12.6. The molecule has 0 saturated heterocycles. The molecule has 5 heteroatoms. The van der Waals surface area contributed by atoms with E-state index in [0.29, 0.717) is 24.4 Å². The average Bonchev–Trinajstić information content (AvgIpc) is 3.23. The zero-order valence-electron chi connectivity index (χ0n) is 13.8. The van der Waals surface area contributed by atoms with E-state index in [0.717, 1.165) is 24.9 Å². The van der Waals surface area contributed by atoms with Gasteiger partial charge in [-0.05, 0) is 55.0 Å². The summed E-state index contributed by atoms with van der Waals surface area (Å²) in [4.78, 5) is 12.6. The van der Waals surface area contributed by atoms with Crippen molar-refractivity contribution >= 4 is 5.91 Å². The van der Waals surface area contributed by atoms with E-state index in [-0.39, 0.29) is 5.91 Å². The van der Waals surface area contributed by atoms with Crippen molar-refractivity contribution in [3.05, 3.63) is 52.8 Å². The molecule has 1 heterocycles. The van der Waals surface area contributed by atoms with Crippen LogP contribution in [0.5, 0.6) is 0 Å². The molecule has 2 aromatic rings. The molecule has 1 N–H and O–H groups in total. The second-order valence-corrected chi connectivity index (χ2v) is 5.97. The number of hydrogen-bond acceptors (Lipinski definition) is 3. The zero-order chi connectivity index (χ0) is 16.9. The molecule has 1 aliphatic rings. The SMILES string of the molecule is COCCCNC(=O)c1c(C#N)ccn1-c1ccc2c(c1)CCC2. The van der Waals surface area contributed by atoms with E-state index in [4.69, 9.17) is 4.74 Å². The van der Waals surface area contributed by atoms with Gasteiger partial charge in [0.15, 0.2) is 0 Å². The van der Waals surface area contributed by atoms with Gasteiger partial charge in [0.25, 0.3) is 5.91 Å². The van der Waals surface area contributed by atoms with Crippen LogP contribution in [0.2, 0.25) is 0 Å². The Bertz CT molecular complexity index is 786. The predicted molar refractivity (Wildman–Crippen MR) is 91.3 cm³/mol. The van der Waals surface area contributed by atoms with E-state index in [1.165, 1.54) is 17.5 Å². The Morgan fingerprint density at radius 2 is 2.17 bits per heavy atom. The van der Waals surface area contributed by atoms with Crippen molar-refractivity contribution in [2.75, 3.05) is 20.3 Å². The molecule has 24 heavy (non-hydrogen) atoms. The summed E-state index contributed by atoms with van der Waals surface area (Å²) < 4.78 is 6.79. The fraction of sp³-hybridized carbons (Fsp3) is 0.368. The van der Waals surface area contributed by atoms with Gasteiger partial charge in [-0.15, -0.1) is 0 Å². The highest BCUT2D eigenvalue weighted by Gasteiger charge is 2.19. The molecule has 0 unspecified atom stereocenters. The standard InChI is InChI=1S/C19H21N3O2/c1-24-11-3-9-21-19(23)18-16(13-20)8-10-22(18)17-7-6-14-4-2-5-15(14)12-17/h6-8,10,12H,2-5,9,11H2,1H3,(H,21,23). The minimum absolute atomic E-state index is 0.229.